The maximum absolute atomic E-state index is 11.6. The zero-order valence-electron chi connectivity index (χ0n) is 7.99. The Kier molecular flexibility index (Phi) is 4.09. The number of rotatable bonds is 6. The summed E-state index contributed by atoms with van der Waals surface area (Å²) in [6, 6.07) is 0. The molecule has 1 aliphatic rings. The molecule has 0 bridgehead atoms. The first-order valence-corrected chi connectivity index (χ1v) is 5.35. The van der Waals surface area contributed by atoms with Crippen LogP contribution in [0.5, 0.6) is 0 Å². The molecule has 0 amide bonds. The van der Waals surface area contributed by atoms with E-state index in [-0.39, 0.29) is 17.5 Å². The number of epoxide rings is 1. The van der Waals surface area contributed by atoms with Crippen molar-refractivity contribution in [2.45, 2.75) is 37.3 Å². The molecule has 0 aliphatic carbocycles. The van der Waals surface area contributed by atoms with E-state index in [2.05, 4.69) is 4.72 Å². The van der Waals surface area contributed by atoms with E-state index in [1.54, 1.807) is 0 Å². The van der Waals surface area contributed by atoms with Crippen LogP contribution in [-0.4, -0.2) is 24.3 Å². The Balaban J connectivity index is 1.85. The standard InChI is InChI=1S/C8H14F3NOS/c1-7(6-13-7)4-2-3-5-12-14-8(9,10)11/h12H,2-6H2,1H3. The first-order chi connectivity index (χ1) is 6.41. The Morgan fingerprint density at radius 1 is 1.43 bits per heavy atom. The highest BCUT2D eigenvalue weighted by Crippen LogP contribution is 2.31. The summed E-state index contributed by atoms with van der Waals surface area (Å²) < 4.78 is 42.4. The van der Waals surface area contributed by atoms with Gasteiger partial charge in [-0.1, -0.05) is 0 Å². The van der Waals surface area contributed by atoms with Gasteiger partial charge in [0.25, 0.3) is 0 Å². The van der Waals surface area contributed by atoms with Crippen molar-refractivity contribution in [2.75, 3.05) is 13.2 Å². The normalized spacial score (nSPS) is 26.6. The Morgan fingerprint density at radius 2 is 2.07 bits per heavy atom. The van der Waals surface area contributed by atoms with Crippen LogP contribution in [0.25, 0.3) is 0 Å². The highest BCUT2D eigenvalue weighted by Gasteiger charge is 2.38. The van der Waals surface area contributed by atoms with Gasteiger partial charge in [0.05, 0.1) is 12.2 Å². The zero-order valence-corrected chi connectivity index (χ0v) is 8.80. The number of hydrogen-bond donors (Lipinski definition) is 1. The lowest BCUT2D eigenvalue weighted by Crippen LogP contribution is -2.14. The molecule has 2 nitrogen and oxygen atoms in total. The second kappa shape index (κ2) is 4.72. The van der Waals surface area contributed by atoms with Crippen LogP contribution in [0.3, 0.4) is 0 Å². The van der Waals surface area contributed by atoms with E-state index in [0.29, 0.717) is 6.54 Å². The third-order valence-electron chi connectivity index (χ3n) is 2.06. The zero-order chi connectivity index (χ0) is 10.7. The summed E-state index contributed by atoms with van der Waals surface area (Å²) in [7, 11) is 0. The average Bonchev–Trinajstić information content (AvgIpc) is 2.75. The van der Waals surface area contributed by atoms with Gasteiger partial charge >= 0.3 is 5.51 Å². The van der Waals surface area contributed by atoms with Crippen molar-refractivity contribution in [3.63, 3.8) is 0 Å². The Morgan fingerprint density at radius 3 is 2.57 bits per heavy atom. The van der Waals surface area contributed by atoms with E-state index in [9.17, 15) is 13.2 Å². The maximum Gasteiger partial charge on any atom is 0.456 e. The Hall–Kier alpha value is 0.0600. The first-order valence-electron chi connectivity index (χ1n) is 4.53. The van der Waals surface area contributed by atoms with Gasteiger partial charge in [-0.05, 0) is 26.2 Å². The van der Waals surface area contributed by atoms with Crippen LogP contribution >= 0.6 is 11.9 Å². The summed E-state index contributed by atoms with van der Waals surface area (Å²) in [5.74, 6) is 0. The molecule has 0 spiro atoms. The summed E-state index contributed by atoms with van der Waals surface area (Å²) in [6.45, 7) is 3.20. The molecule has 14 heavy (non-hydrogen) atoms. The van der Waals surface area contributed by atoms with Gasteiger partial charge in [0.15, 0.2) is 0 Å². The number of unbranched alkanes of at least 4 members (excludes halogenated alkanes) is 1. The van der Waals surface area contributed by atoms with E-state index in [1.807, 2.05) is 6.92 Å². The average molecular weight is 229 g/mol. The van der Waals surface area contributed by atoms with Crippen LogP contribution in [0.2, 0.25) is 0 Å². The maximum atomic E-state index is 11.6. The molecule has 1 unspecified atom stereocenters. The van der Waals surface area contributed by atoms with Crippen LogP contribution in [0, 0.1) is 0 Å². The largest absolute Gasteiger partial charge is 0.456 e. The number of halogens is 3. The molecule has 0 aromatic carbocycles. The lowest BCUT2D eigenvalue weighted by Gasteiger charge is -2.07. The van der Waals surface area contributed by atoms with Crippen molar-refractivity contribution in [3.05, 3.63) is 0 Å². The molecule has 1 fully saturated rings. The van der Waals surface area contributed by atoms with Crippen molar-refractivity contribution in [1.82, 2.24) is 4.72 Å². The van der Waals surface area contributed by atoms with Gasteiger partial charge < -0.3 is 4.74 Å². The molecule has 1 heterocycles. The quantitative estimate of drug-likeness (QED) is 0.430. The van der Waals surface area contributed by atoms with Gasteiger partial charge in [-0.25, -0.2) is 0 Å². The highest BCUT2D eigenvalue weighted by atomic mass is 32.2. The smallest absolute Gasteiger partial charge is 0.370 e. The molecule has 1 N–H and O–H groups in total. The lowest BCUT2D eigenvalue weighted by molar-refractivity contribution is -0.0335. The van der Waals surface area contributed by atoms with Gasteiger partial charge in [-0.3, -0.25) is 4.72 Å². The second-order valence-corrected chi connectivity index (χ2v) is 4.59. The van der Waals surface area contributed by atoms with Crippen LogP contribution < -0.4 is 4.72 Å². The molecular formula is C8H14F3NOS. The molecule has 1 rings (SSSR count). The monoisotopic (exact) mass is 229 g/mol. The summed E-state index contributed by atoms with van der Waals surface area (Å²) in [5.41, 5.74) is -4.15. The van der Waals surface area contributed by atoms with E-state index in [1.165, 1.54) is 0 Å². The van der Waals surface area contributed by atoms with Gasteiger partial charge in [0.2, 0.25) is 0 Å². The molecule has 0 aromatic rings. The van der Waals surface area contributed by atoms with Crippen molar-refractivity contribution in [3.8, 4) is 0 Å². The molecular weight excluding hydrogens is 215 g/mol. The van der Waals surface area contributed by atoms with Crippen molar-refractivity contribution in [1.29, 1.82) is 0 Å². The Bertz CT molecular complexity index is 173. The third-order valence-corrected chi connectivity index (χ3v) is 2.64. The second-order valence-electron chi connectivity index (χ2n) is 3.64. The fraction of sp³-hybridized carbons (Fsp3) is 1.00. The number of ether oxygens (including phenoxy) is 1. The van der Waals surface area contributed by atoms with E-state index >= 15 is 0 Å². The first kappa shape index (κ1) is 12.1. The van der Waals surface area contributed by atoms with Crippen molar-refractivity contribution >= 4 is 11.9 Å². The number of nitrogens with one attached hydrogen (secondary N) is 1. The highest BCUT2D eigenvalue weighted by molar-refractivity contribution is 7.98. The third kappa shape index (κ3) is 5.72. The minimum Gasteiger partial charge on any atom is -0.370 e. The summed E-state index contributed by atoms with van der Waals surface area (Å²) >= 11 is -0.174. The van der Waals surface area contributed by atoms with E-state index in [4.69, 9.17) is 4.74 Å². The molecule has 0 aromatic heterocycles. The lowest BCUT2D eigenvalue weighted by atomic mass is 10.1. The molecule has 0 radical (unpaired) electrons. The van der Waals surface area contributed by atoms with Gasteiger partial charge in [0.1, 0.15) is 0 Å². The number of hydrogen-bond acceptors (Lipinski definition) is 3. The topological polar surface area (TPSA) is 24.6 Å². The van der Waals surface area contributed by atoms with E-state index in [0.717, 1.165) is 25.9 Å². The molecule has 6 heteroatoms. The Labute approximate surface area is 85.7 Å². The van der Waals surface area contributed by atoms with Gasteiger partial charge in [-0.2, -0.15) is 13.2 Å². The van der Waals surface area contributed by atoms with Crippen molar-refractivity contribution < 1.29 is 17.9 Å². The summed E-state index contributed by atoms with van der Waals surface area (Å²) in [4.78, 5) is 0. The van der Waals surface area contributed by atoms with Crippen LogP contribution in [-0.2, 0) is 4.74 Å². The van der Waals surface area contributed by atoms with Crippen LogP contribution in [0.15, 0.2) is 0 Å². The fourth-order valence-electron chi connectivity index (χ4n) is 1.10. The van der Waals surface area contributed by atoms with Gasteiger partial charge in [-0.15, -0.1) is 0 Å². The SMILES string of the molecule is CC1(CCCCNSC(F)(F)F)CO1. The van der Waals surface area contributed by atoms with E-state index < -0.39 is 5.51 Å². The fourth-order valence-corrected chi connectivity index (χ4v) is 1.51. The minimum atomic E-state index is -4.18. The van der Waals surface area contributed by atoms with Gasteiger partial charge in [0, 0.05) is 18.5 Å². The molecule has 0 saturated carbocycles. The predicted molar refractivity (Wildman–Crippen MR) is 49.9 cm³/mol. The molecule has 1 atom stereocenters. The molecule has 84 valence electrons. The number of alkyl halides is 3. The summed E-state index contributed by atoms with van der Waals surface area (Å²) in [5, 5.41) is 0. The van der Waals surface area contributed by atoms with Crippen molar-refractivity contribution in [2.24, 2.45) is 0 Å². The molecule has 1 aliphatic heterocycles. The van der Waals surface area contributed by atoms with Crippen LogP contribution in [0.4, 0.5) is 13.2 Å². The van der Waals surface area contributed by atoms with Crippen LogP contribution in [0.1, 0.15) is 26.2 Å². The predicted octanol–water partition coefficient (Wildman–Crippen LogP) is 2.70. The summed E-state index contributed by atoms with van der Waals surface area (Å²) in [6.07, 6.45) is 2.59. The molecule has 1 saturated heterocycles. The minimum absolute atomic E-state index is 0.0250.